The summed E-state index contributed by atoms with van der Waals surface area (Å²) >= 11 is 1.73. The second kappa shape index (κ2) is 6.69. The molecule has 0 radical (unpaired) electrons. The molecule has 2 rings (SSSR count). The molecule has 19 heavy (non-hydrogen) atoms. The number of hydrogen-bond acceptors (Lipinski definition) is 4. The van der Waals surface area contributed by atoms with E-state index < -0.39 is 0 Å². The number of amides is 1. The maximum Gasteiger partial charge on any atom is 0.217 e. The monoisotopic (exact) mass is 277 g/mol. The third kappa shape index (κ3) is 3.79. The minimum absolute atomic E-state index is 0.242. The zero-order valence-corrected chi connectivity index (χ0v) is 11.8. The Morgan fingerprint density at radius 2 is 2.53 bits per heavy atom. The van der Waals surface area contributed by atoms with Crippen LogP contribution in [0.3, 0.4) is 0 Å². The van der Waals surface area contributed by atoms with E-state index in [1.165, 1.54) is 10.6 Å². The van der Waals surface area contributed by atoms with Crippen molar-refractivity contribution in [3.8, 4) is 12.3 Å². The quantitative estimate of drug-likeness (QED) is 0.795. The summed E-state index contributed by atoms with van der Waals surface area (Å²) in [7, 11) is 0. The lowest BCUT2D eigenvalue weighted by molar-refractivity contribution is -0.118. The molecule has 0 fully saturated rings. The third-order valence-corrected chi connectivity index (χ3v) is 4.44. The molecule has 1 aromatic heterocycles. The molecule has 0 bridgehead atoms. The van der Waals surface area contributed by atoms with Crippen molar-refractivity contribution in [2.45, 2.75) is 38.1 Å². The van der Waals surface area contributed by atoms with Gasteiger partial charge in [0.15, 0.2) is 0 Å². The SMILES string of the molecule is C#CCN(CCCC(N)=O)C1CCc2ncsc2C1. The molecular formula is C14H19N3OS. The van der Waals surface area contributed by atoms with Gasteiger partial charge in [0.1, 0.15) is 0 Å². The molecule has 1 amide bonds. The van der Waals surface area contributed by atoms with Crippen LogP contribution in [0.2, 0.25) is 0 Å². The fourth-order valence-electron chi connectivity index (χ4n) is 2.56. The van der Waals surface area contributed by atoms with Gasteiger partial charge in [-0.3, -0.25) is 9.69 Å². The van der Waals surface area contributed by atoms with Gasteiger partial charge in [-0.15, -0.1) is 17.8 Å². The zero-order chi connectivity index (χ0) is 13.7. The fraction of sp³-hybridized carbons (Fsp3) is 0.571. The second-order valence-corrected chi connectivity index (χ2v) is 5.80. The molecule has 4 nitrogen and oxygen atoms in total. The highest BCUT2D eigenvalue weighted by molar-refractivity contribution is 7.09. The number of hydrogen-bond donors (Lipinski definition) is 1. The summed E-state index contributed by atoms with van der Waals surface area (Å²) in [6.45, 7) is 1.48. The molecule has 0 saturated heterocycles. The van der Waals surface area contributed by atoms with Crippen molar-refractivity contribution in [1.82, 2.24) is 9.88 Å². The number of carbonyl (C=O) groups is 1. The Balaban J connectivity index is 1.92. The van der Waals surface area contributed by atoms with Gasteiger partial charge in [-0.1, -0.05) is 5.92 Å². The van der Waals surface area contributed by atoms with Crippen molar-refractivity contribution < 1.29 is 4.79 Å². The summed E-state index contributed by atoms with van der Waals surface area (Å²) in [6, 6.07) is 0.469. The molecule has 0 spiro atoms. The lowest BCUT2D eigenvalue weighted by Crippen LogP contribution is -2.40. The van der Waals surface area contributed by atoms with Gasteiger partial charge < -0.3 is 5.73 Å². The van der Waals surface area contributed by atoms with Crippen molar-refractivity contribution in [3.05, 3.63) is 16.1 Å². The Labute approximate surface area is 118 Å². The Hall–Kier alpha value is -1.38. The summed E-state index contributed by atoms with van der Waals surface area (Å²) in [5, 5.41) is 0. The topological polar surface area (TPSA) is 59.2 Å². The standard InChI is InChI=1S/C14H19N3OS/c1-2-7-17(8-3-4-14(15)18)11-5-6-12-13(9-11)19-10-16-12/h1,10-11H,3-9H2,(H2,15,18). The zero-order valence-electron chi connectivity index (χ0n) is 11.0. The number of carbonyl (C=O) groups excluding carboxylic acids is 1. The number of aromatic nitrogens is 1. The molecule has 102 valence electrons. The lowest BCUT2D eigenvalue weighted by Gasteiger charge is -2.32. The minimum atomic E-state index is -0.242. The van der Waals surface area contributed by atoms with E-state index in [4.69, 9.17) is 12.2 Å². The van der Waals surface area contributed by atoms with Crippen molar-refractivity contribution in [3.63, 3.8) is 0 Å². The highest BCUT2D eigenvalue weighted by Gasteiger charge is 2.25. The summed E-state index contributed by atoms with van der Waals surface area (Å²) < 4.78 is 0. The van der Waals surface area contributed by atoms with Gasteiger partial charge in [0.2, 0.25) is 5.91 Å². The number of nitrogens with zero attached hydrogens (tertiary/aromatic N) is 2. The second-order valence-electron chi connectivity index (χ2n) is 4.86. The predicted octanol–water partition coefficient (Wildman–Crippen LogP) is 1.20. The molecule has 2 N–H and O–H groups in total. The first-order valence-electron chi connectivity index (χ1n) is 6.57. The Kier molecular flexibility index (Phi) is 4.94. The van der Waals surface area contributed by atoms with Gasteiger partial charge >= 0.3 is 0 Å². The van der Waals surface area contributed by atoms with E-state index in [1.54, 1.807) is 11.3 Å². The van der Waals surface area contributed by atoms with E-state index >= 15 is 0 Å². The van der Waals surface area contributed by atoms with Crippen molar-refractivity contribution >= 4 is 17.2 Å². The summed E-state index contributed by atoms with van der Waals surface area (Å²) in [6.07, 6.45) is 9.81. The van der Waals surface area contributed by atoms with Gasteiger partial charge in [-0.05, 0) is 32.2 Å². The maximum atomic E-state index is 10.8. The number of aryl methyl sites for hydroxylation is 1. The number of rotatable bonds is 6. The highest BCUT2D eigenvalue weighted by atomic mass is 32.1. The largest absolute Gasteiger partial charge is 0.370 e. The van der Waals surface area contributed by atoms with Crippen molar-refractivity contribution in [1.29, 1.82) is 0 Å². The molecular weight excluding hydrogens is 258 g/mol. The molecule has 0 saturated carbocycles. The van der Waals surface area contributed by atoms with E-state index in [0.29, 0.717) is 19.0 Å². The average Bonchev–Trinajstić information content (AvgIpc) is 2.84. The lowest BCUT2D eigenvalue weighted by atomic mass is 9.96. The van der Waals surface area contributed by atoms with Crippen LogP contribution in [0.1, 0.15) is 29.8 Å². The first-order chi connectivity index (χ1) is 9.20. The number of nitrogens with two attached hydrogens (primary N) is 1. The van der Waals surface area contributed by atoms with E-state index in [1.807, 2.05) is 5.51 Å². The number of fused-ring (bicyclic) bond motifs is 1. The summed E-state index contributed by atoms with van der Waals surface area (Å²) in [5.74, 6) is 2.48. The Bertz CT molecular complexity index is 477. The highest BCUT2D eigenvalue weighted by Crippen LogP contribution is 2.26. The minimum Gasteiger partial charge on any atom is -0.370 e. The number of primary amides is 1. The van der Waals surface area contributed by atoms with Crippen LogP contribution < -0.4 is 5.73 Å². The smallest absolute Gasteiger partial charge is 0.217 e. The number of terminal acetylenes is 1. The summed E-state index contributed by atoms with van der Waals surface area (Å²) in [4.78, 5) is 18.9. The molecule has 1 atom stereocenters. The normalized spacial score (nSPS) is 18.0. The molecule has 1 aliphatic carbocycles. The van der Waals surface area contributed by atoms with E-state index in [0.717, 1.165) is 32.2 Å². The van der Waals surface area contributed by atoms with Gasteiger partial charge in [-0.25, -0.2) is 4.98 Å². The summed E-state index contributed by atoms with van der Waals surface area (Å²) in [5.41, 5.74) is 8.35. The van der Waals surface area contributed by atoms with Crippen LogP contribution in [0.4, 0.5) is 0 Å². The first-order valence-corrected chi connectivity index (χ1v) is 7.45. The molecule has 5 heteroatoms. The van der Waals surface area contributed by atoms with Gasteiger partial charge in [0.25, 0.3) is 0 Å². The number of thiazole rings is 1. The molecule has 0 aliphatic heterocycles. The van der Waals surface area contributed by atoms with Crippen LogP contribution in [0, 0.1) is 12.3 Å². The van der Waals surface area contributed by atoms with Gasteiger partial charge in [0.05, 0.1) is 17.7 Å². The predicted molar refractivity (Wildman–Crippen MR) is 76.8 cm³/mol. The first kappa shape index (κ1) is 14.0. The molecule has 0 aromatic carbocycles. The van der Waals surface area contributed by atoms with Crippen LogP contribution in [0.15, 0.2) is 5.51 Å². The van der Waals surface area contributed by atoms with Crippen LogP contribution in [0.25, 0.3) is 0 Å². The Morgan fingerprint density at radius 1 is 1.68 bits per heavy atom. The molecule has 1 aliphatic rings. The third-order valence-electron chi connectivity index (χ3n) is 3.54. The average molecular weight is 277 g/mol. The van der Waals surface area contributed by atoms with Gasteiger partial charge in [-0.2, -0.15) is 0 Å². The molecule has 1 aromatic rings. The van der Waals surface area contributed by atoms with E-state index in [2.05, 4.69) is 15.8 Å². The molecule has 1 unspecified atom stereocenters. The Morgan fingerprint density at radius 3 is 3.26 bits per heavy atom. The van der Waals surface area contributed by atoms with Gasteiger partial charge in [0, 0.05) is 17.3 Å². The molecule has 1 heterocycles. The fourth-order valence-corrected chi connectivity index (χ4v) is 3.45. The van der Waals surface area contributed by atoms with E-state index in [9.17, 15) is 4.79 Å². The maximum absolute atomic E-state index is 10.8. The van der Waals surface area contributed by atoms with Crippen LogP contribution in [-0.4, -0.2) is 34.9 Å². The van der Waals surface area contributed by atoms with Crippen molar-refractivity contribution in [2.24, 2.45) is 5.73 Å². The van der Waals surface area contributed by atoms with Crippen molar-refractivity contribution in [2.75, 3.05) is 13.1 Å². The van der Waals surface area contributed by atoms with Crippen LogP contribution in [0.5, 0.6) is 0 Å². The van der Waals surface area contributed by atoms with E-state index in [-0.39, 0.29) is 5.91 Å². The van der Waals surface area contributed by atoms with Crippen LogP contribution in [-0.2, 0) is 17.6 Å². The van der Waals surface area contributed by atoms with Crippen LogP contribution >= 0.6 is 11.3 Å².